The quantitative estimate of drug-likeness (QED) is 0.684. The van der Waals surface area contributed by atoms with E-state index in [0.29, 0.717) is 6.54 Å². The molecule has 0 heterocycles. The summed E-state index contributed by atoms with van der Waals surface area (Å²) in [4.78, 5) is 21.4. The first-order valence-electron chi connectivity index (χ1n) is 5.19. The summed E-state index contributed by atoms with van der Waals surface area (Å²) in [6.07, 6.45) is 5.52. The molecule has 0 atom stereocenters. The zero-order valence-corrected chi connectivity index (χ0v) is 10.1. The van der Waals surface area contributed by atoms with Crippen molar-refractivity contribution in [2.24, 2.45) is 0 Å². The highest BCUT2D eigenvalue weighted by molar-refractivity contribution is 8.00. The van der Waals surface area contributed by atoms with Gasteiger partial charge in [0.1, 0.15) is 13.2 Å². The molecule has 0 unspecified atom stereocenters. The molecule has 16 heavy (non-hydrogen) atoms. The van der Waals surface area contributed by atoms with Gasteiger partial charge in [0.25, 0.3) is 0 Å². The number of amides is 1. The smallest absolute Gasteiger partial charge is 0.329 e. The van der Waals surface area contributed by atoms with Gasteiger partial charge in [-0.15, -0.1) is 0 Å². The van der Waals surface area contributed by atoms with E-state index >= 15 is 0 Å². The second-order valence-electron chi connectivity index (χ2n) is 3.90. The van der Waals surface area contributed by atoms with Gasteiger partial charge in [-0.05, 0) is 19.1 Å². The molecule has 2 N–H and O–H groups in total. The first-order chi connectivity index (χ1) is 7.58. The molecular weight excluding hydrogens is 230 g/mol. The van der Waals surface area contributed by atoms with Crippen LogP contribution < -0.4 is 5.32 Å². The minimum atomic E-state index is -1.06. The highest BCUT2D eigenvalue weighted by atomic mass is 32.2. The summed E-state index contributed by atoms with van der Waals surface area (Å²) < 4.78 is 4.89. The summed E-state index contributed by atoms with van der Waals surface area (Å²) in [5.74, 6) is -1.31. The maximum Gasteiger partial charge on any atom is 0.329 e. The highest BCUT2D eigenvalue weighted by Crippen LogP contribution is 2.42. The lowest BCUT2D eigenvalue weighted by Gasteiger charge is -2.40. The van der Waals surface area contributed by atoms with Crippen LogP contribution in [-0.2, 0) is 14.3 Å². The first-order valence-corrected chi connectivity index (χ1v) is 6.42. The number of aliphatic carboxylic acids is 1. The summed E-state index contributed by atoms with van der Waals surface area (Å²) in [7, 11) is 0. The topological polar surface area (TPSA) is 75.6 Å². The predicted molar refractivity (Wildman–Crippen MR) is 61.6 cm³/mol. The number of carboxylic acid groups (broad SMARTS) is 1. The van der Waals surface area contributed by atoms with Crippen LogP contribution in [0.5, 0.6) is 0 Å². The summed E-state index contributed by atoms with van der Waals surface area (Å²) in [5, 5.41) is 11.1. The van der Waals surface area contributed by atoms with E-state index in [1.165, 1.54) is 6.42 Å². The van der Waals surface area contributed by atoms with E-state index < -0.39 is 12.6 Å². The van der Waals surface area contributed by atoms with Crippen LogP contribution >= 0.6 is 11.8 Å². The van der Waals surface area contributed by atoms with Crippen LogP contribution in [0.1, 0.15) is 19.3 Å². The van der Waals surface area contributed by atoms with Crippen LogP contribution in [0.25, 0.3) is 0 Å². The van der Waals surface area contributed by atoms with Crippen molar-refractivity contribution in [3.05, 3.63) is 0 Å². The summed E-state index contributed by atoms with van der Waals surface area (Å²) >= 11 is 1.78. The lowest BCUT2D eigenvalue weighted by atomic mass is 9.84. The Kier molecular flexibility index (Phi) is 5.08. The van der Waals surface area contributed by atoms with Gasteiger partial charge in [0.15, 0.2) is 0 Å². The molecule has 1 saturated carbocycles. The molecule has 0 bridgehead atoms. The molecule has 0 aromatic rings. The Morgan fingerprint density at radius 3 is 2.56 bits per heavy atom. The summed E-state index contributed by atoms with van der Waals surface area (Å²) in [6.45, 7) is 0.0291. The molecule has 0 radical (unpaired) electrons. The molecule has 0 aromatic heterocycles. The maximum atomic E-state index is 11.3. The van der Waals surface area contributed by atoms with Gasteiger partial charge in [0, 0.05) is 11.3 Å². The minimum absolute atomic E-state index is 0.184. The predicted octanol–water partition coefficient (Wildman–Crippen LogP) is 0.489. The average Bonchev–Trinajstić information content (AvgIpc) is 2.16. The van der Waals surface area contributed by atoms with Crippen molar-refractivity contribution in [2.75, 3.05) is 26.0 Å². The number of carbonyl (C=O) groups is 2. The largest absolute Gasteiger partial charge is 0.480 e. The molecule has 0 saturated heterocycles. The van der Waals surface area contributed by atoms with Crippen molar-refractivity contribution in [2.45, 2.75) is 24.0 Å². The van der Waals surface area contributed by atoms with Crippen molar-refractivity contribution in [3.8, 4) is 0 Å². The fourth-order valence-electron chi connectivity index (χ4n) is 1.57. The average molecular weight is 247 g/mol. The summed E-state index contributed by atoms with van der Waals surface area (Å²) in [5.41, 5.74) is 0. The first kappa shape index (κ1) is 13.3. The molecular formula is C10H17NO4S. The van der Waals surface area contributed by atoms with Crippen molar-refractivity contribution < 1.29 is 19.4 Å². The Hall–Kier alpha value is -0.750. The van der Waals surface area contributed by atoms with Gasteiger partial charge in [-0.1, -0.05) is 6.42 Å². The van der Waals surface area contributed by atoms with E-state index in [1.54, 1.807) is 11.8 Å². The fourth-order valence-corrected chi connectivity index (χ4v) is 2.48. The zero-order chi connectivity index (χ0) is 12.0. The normalized spacial score (nSPS) is 17.6. The SMILES string of the molecule is CSC1(CNC(=O)COCC(=O)O)CCC1. The molecule has 1 fully saturated rings. The van der Waals surface area contributed by atoms with Gasteiger partial charge >= 0.3 is 5.97 Å². The second kappa shape index (κ2) is 6.10. The molecule has 0 aromatic carbocycles. The Morgan fingerprint density at radius 1 is 1.44 bits per heavy atom. The van der Waals surface area contributed by atoms with Crippen molar-refractivity contribution >= 4 is 23.6 Å². The highest BCUT2D eigenvalue weighted by Gasteiger charge is 2.36. The third kappa shape index (κ3) is 4.02. The number of carboxylic acids is 1. The monoisotopic (exact) mass is 247 g/mol. The Bertz CT molecular complexity index is 260. The molecule has 92 valence electrons. The fraction of sp³-hybridized carbons (Fsp3) is 0.800. The number of nitrogens with one attached hydrogen (secondary N) is 1. The standard InChI is InChI=1S/C10H17NO4S/c1-16-10(3-2-4-10)7-11-8(12)5-15-6-9(13)14/h2-7H2,1H3,(H,11,12)(H,13,14). The molecule has 5 nitrogen and oxygen atoms in total. The number of rotatable bonds is 7. The third-order valence-electron chi connectivity index (χ3n) is 2.76. The lowest BCUT2D eigenvalue weighted by molar-refractivity contribution is -0.143. The third-order valence-corrected chi connectivity index (χ3v) is 4.18. The molecule has 1 rings (SSSR count). The van der Waals surface area contributed by atoms with E-state index in [-0.39, 0.29) is 17.3 Å². The van der Waals surface area contributed by atoms with E-state index in [1.807, 2.05) is 6.26 Å². The molecule has 0 aliphatic heterocycles. The van der Waals surface area contributed by atoms with Crippen LogP contribution in [0, 0.1) is 0 Å². The molecule has 1 aliphatic carbocycles. The van der Waals surface area contributed by atoms with E-state index in [4.69, 9.17) is 5.11 Å². The van der Waals surface area contributed by atoms with Gasteiger partial charge in [-0.25, -0.2) is 4.79 Å². The second-order valence-corrected chi connectivity index (χ2v) is 5.18. The Morgan fingerprint density at radius 2 is 2.12 bits per heavy atom. The van der Waals surface area contributed by atoms with Crippen LogP contribution in [0.3, 0.4) is 0 Å². The van der Waals surface area contributed by atoms with Crippen LogP contribution in [0.4, 0.5) is 0 Å². The van der Waals surface area contributed by atoms with Gasteiger partial charge in [0.05, 0.1) is 0 Å². The molecule has 1 amide bonds. The lowest BCUT2D eigenvalue weighted by Crippen LogP contribution is -2.46. The van der Waals surface area contributed by atoms with Crippen LogP contribution in [0.15, 0.2) is 0 Å². The van der Waals surface area contributed by atoms with Gasteiger partial charge in [-0.3, -0.25) is 4.79 Å². The van der Waals surface area contributed by atoms with Crippen molar-refractivity contribution in [1.29, 1.82) is 0 Å². The van der Waals surface area contributed by atoms with Gasteiger partial charge < -0.3 is 15.2 Å². The van der Waals surface area contributed by atoms with E-state index in [9.17, 15) is 9.59 Å². The van der Waals surface area contributed by atoms with Crippen LogP contribution in [-0.4, -0.2) is 47.7 Å². The van der Waals surface area contributed by atoms with Crippen molar-refractivity contribution in [3.63, 3.8) is 0 Å². The van der Waals surface area contributed by atoms with Gasteiger partial charge in [-0.2, -0.15) is 11.8 Å². The zero-order valence-electron chi connectivity index (χ0n) is 9.32. The number of thioether (sulfide) groups is 1. The Labute approximate surface area is 98.9 Å². The van der Waals surface area contributed by atoms with Crippen LogP contribution in [0.2, 0.25) is 0 Å². The van der Waals surface area contributed by atoms with E-state index in [0.717, 1.165) is 12.8 Å². The molecule has 6 heteroatoms. The Balaban J connectivity index is 2.12. The number of ether oxygens (including phenoxy) is 1. The summed E-state index contributed by atoms with van der Waals surface area (Å²) in [6, 6.07) is 0. The maximum absolute atomic E-state index is 11.3. The molecule has 1 aliphatic rings. The number of hydrogen-bond donors (Lipinski definition) is 2. The number of carbonyl (C=O) groups excluding carboxylic acids is 1. The van der Waals surface area contributed by atoms with Crippen molar-refractivity contribution in [1.82, 2.24) is 5.32 Å². The van der Waals surface area contributed by atoms with E-state index in [2.05, 4.69) is 10.1 Å². The number of hydrogen-bond acceptors (Lipinski definition) is 4. The van der Waals surface area contributed by atoms with Gasteiger partial charge in [0.2, 0.25) is 5.91 Å². The minimum Gasteiger partial charge on any atom is -0.480 e. The molecule has 0 spiro atoms.